The van der Waals surface area contributed by atoms with Crippen molar-refractivity contribution in [1.29, 1.82) is 0 Å². The summed E-state index contributed by atoms with van der Waals surface area (Å²) in [6.45, 7) is 0. The highest BCUT2D eigenvalue weighted by Crippen LogP contribution is 2.43. The zero-order valence-corrected chi connectivity index (χ0v) is 21.4. The molecule has 1 aliphatic carbocycles. The van der Waals surface area contributed by atoms with E-state index < -0.39 is 5.97 Å². The van der Waals surface area contributed by atoms with Crippen LogP contribution in [0, 0.1) is 0 Å². The normalized spacial score (nSPS) is 19.5. The van der Waals surface area contributed by atoms with E-state index in [1.807, 2.05) is 54.6 Å². The maximum atomic E-state index is 11.2. The molecule has 7 nitrogen and oxygen atoms in total. The molecule has 0 spiro atoms. The number of furan rings is 1. The molecule has 0 unspecified atom stereocenters. The number of hydrogen-bond acceptors (Lipinski definition) is 5. The van der Waals surface area contributed by atoms with Crippen molar-refractivity contribution in [2.45, 2.75) is 43.9 Å². The average molecular weight is 526 g/mol. The van der Waals surface area contributed by atoms with E-state index in [1.54, 1.807) is 30.5 Å². The smallest absolute Gasteiger partial charge is 0.335 e. The van der Waals surface area contributed by atoms with Gasteiger partial charge < -0.3 is 24.5 Å². The number of hydrogen-bond donors (Lipinski definition) is 2. The molecule has 2 aromatic carbocycles. The molecule has 1 saturated carbocycles. The second-order valence-electron chi connectivity index (χ2n) is 9.60. The molecule has 1 aliphatic heterocycles. The van der Waals surface area contributed by atoms with E-state index in [1.165, 1.54) is 12.8 Å². The van der Waals surface area contributed by atoms with Gasteiger partial charge in [-0.2, -0.15) is 0 Å². The summed E-state index contributed by atoms with van der Waals surface area (Å²) in [5.74, 6) is 1.27. The lowest BCUT2D eigenvalue weighted by Gasteiger charge is -2.26. The summed E-state index contributed by atoms with van der Waals surface area (Å²) >= 11 is 5.82. The van der Waals surface area contributed by atoms with Crippen LogP contribution in [0.1, 0.15) is 59.6 Å². The fourth-order valence-corrected chi connectivity index (χ4v) is 5.60. The van der Waals surface area contributed by atoms with Gasteiger partial charge in [-0.25, -0.2) is 4.79 Å². The number of aromatic nitrogens is 1. The number of benzene rings is 2. The number of nitrogens with one attached hydrogen (secondary N) is 1. The molecule has 0 bridgehead atoms. The Morgan fingerprint density at radius 1 is 1.00 bits per heavy atom. The number of anilines is 1. The molecule has 38 heavy (non-hydrogen) atoms. The number of pyridine rings is 1. The van der Waals surface area contributed by atoms with Gasteiger partial charge in [-0.15, -0.1) is 0 Å². The zero-order chi connectivity index (χ0) is 26.1. The van der Waals surface area contributed by atoms with Crippen molar-refractivity contribution in [3.63, 3.8) is 0 Å². The summed E-state index contributed by atoms with van der Waals surface area (Å²) in [7, 11) is 0. The standard InChI is InChI=1S/C30H27N3O4S/c34-29(35)20-10-8-19(9-11-20)25-16-17-26(37-25)28-27(24-7-3-4-18-31-24)32-30(38)33(28)21-12-14-23(15-13-21)36-22-5-1-2-6-22/h3-4,7-18,22,27-28H,1-2,5-6H2,(H,32,38)(H,34,35)/t27-,28-/m0/s1. The summed E-state index contributed by atoms with van der Waals surface area (Å²) in [5, 5.41) is 13.2. The largest absolute Gasteiger partial charge is 0.490 e. The number of ether oxygens (including phenoxy) is 1. The maximum absolute atomic E-state index is 11.2. The summed E-state index contributed by atoms with van der Waals surface area (Å²) in [5.41, 5.74) is 2.80. The van der Waals surface area contributed by atoms with Crippen LogP contribution in [-0.4, -0.2) is 27.3 Å². The van der Waals surface area contributed by atoms with Crippen LogP contribution < -0.4 is 15.0 Å². The minimum absolute atomic E-state index is 0.229. The number of carboxylic acid groups (broad SMARTS) is 1. The molecule has 2 fully saturated rings. The van der Waals surface area contributed by atoms with E-state index in [4.69, 9.17) is 21.4 Å². The Morgan fingerprint density at radius 2 is 1.76 bits per heavy atom. The lowest BCUT2D eigenvalue weighted by molar-refractivity contribution is 0.0697. The molecule has 8 heteroatoms. The fourth-order valence-electron chi connectivity index (χ4n) is 5.25. The van der Waals surface area contributed by atoms with Gasteiger partial charge in [-0.3, -0.25) is 4.98 Å². The Bertz CT molecular complexity index is 1430. The fraction of sp³-hybridized carbons (Fsp3) is 0.233. The van der Waals surface area contributed by atoms with Gasteiger partial charge in [-0.1, -0.05) is 18.2 Å². The van der Waals surface area contributed by atoms with Gasteiger partial charge in [0.25, 0.3) is 0 Å². The molecule has 2 aliphatic rings. The van der Waals surface area contributed by atoms with Crippen molar-refractivity contribution in [2.75, 3.05) is 4.90 Å². The van der Waals surface area contributed by atoms with Crippen molar-refractivity contribution < 1.29 is 19.1 Å². The monoisotopic (exact) mass is 525 g/mol. The molecule has 0 amide bonds. The summed E-state index contributed by atoms with van der Waals surface area (Å²) in [6.07, 6.45) is 6.73. The van der Waals surface area contributed by atoms with Crippen molar-refractivity contribution in [3.05, 3.63) is 102 Å². The summed E-state index contributed by atoms with van der Waals surface area (Å²) in [6, 6.07) is 23.9. The molecule has 1 saturated heterocycles. The van der Waals surface area contributed by atoms with Crippen LogP contribution in [0.15, 0.2) is 89.5 Å². The minimum Gasteiger partial charge on any atom is -0.490 e. The van der Waals surface area contributed by atoms with Crippen LogP contribution in [-0.2, 0) is 0 Å². The summed E-state index contributed by atoms with van der Waals surface area (Å²) in [4.78, 5) is 17.9. The van der Waals surface area contributed by atoms with E-state index in [-0.39, 0.29) is 17.6 Å². The highest BCUT2D eigenvalue weighted by Gasteiger charge is 2.42. The molecule has 2 atom stereocenters. The van der Waals surface area contributed by atoms with Crippen molar-refractivity contribution in [1.82, 2.24) is 10.3 Å². The Morgan fingerprint density at radius 3 is 2.45 bits per heavy atom. The lowest BCUT2D eigenvalue weighted by atomic mass is 10.0. The van der Waals surface area contributed by atoms with Crippen LogP contribution in [0.5, 0.6) is 5.75 Å². The second kappa shape index (κ2) is 10.3. The van der Waals surface area contributed by atoms with Gasteiger partial charge in [0, 0.05) is 17.4 Å². The van der Waals surface area contributed by atoms with Gasteiger partial charge in [0.2, 0.25) is 0 Å². The third kappa shape index (κ3) is 4.75. The Hall–Kier alpha value is -4.17. The van der Waals surface area contributed by atoms with Crippen molar-refractivity contribution in [3.8, 4) is 17.1 Å². The van der Waals surface area contributed by atoms with Crippen LogP contribution in [0.3, 0.4) is 0 Å². The van der Waals surface area contributed by atoms with E-state index in [2.05, 4.69) is 15.2 Å². The quantitative estimate of drug-likeness (QED) is 0.263. The zero-order valence-electron chi connectivity index (χ0n) is 20.6. The number of rotatable bonds is 7. The van der Waals surface area contributed by atoms with Crippen molar-refractivity contribution >= 4 is 29.0 Å². The predicted molar refractivity (Wildman–Crippen MR) is 148 cm³/mol. The van der Waals surface area contributed by atoms with Crippen LogP contribution in [0.25, 0.3) is 11.3 Å². The Labute approximate surface area is 226 Å². The minimum atomic E-state index is -0.962. The third-order valence-electron chi connectivity index (χ3n) is 7.15. The molecular weight excluding hydrogens is 498 g/mol. The van der Waals surface area contributed by atoms with Gasteiger partial charge in [0.1, 0.15) is 23.3 Å². The molecule has 2 N–H and O–H groups in total. The van der Waals surface area contributed by atoms with Crippen LogP contribution in [0.4, 0.5) is 5.69 Å². The first-order valence-electron chi connectivity index (χ1n) is 12.8. The first-order valence-corrected chi connectivity index (χ1v) is 13.2. The maximum Gasteiger partial charge on any atom is 0.335 e. The molecular formula is C30H27N3O4S. The third-order valence-corrected chi connectivity index (χ3v) is 7.47. The number of nitrogens with zero attached hydrogens (tertiary/aromatic N) is 2. The molecule has 192 valence electrons. The number of aromatic carboxylic acids is 1. The predicted octanol–water partition coefficient (Wildman–Crippen LogP) is 6.54. The van der Waals surface area contributed by atoms with Crippen LogP contribution in [0.2, 0.25) is 0 Å². The molecule has 0 radical (unpaired) electrons. The van der Waals surface area contributed by atoms with Gasteiger partial charge in [-0.05, 0) is 98.6 Å². The van der Waals surface area contributed by atoms with E-state index >= 15 is 0 Å². The Kier molecular flexibility index (Phi) is 6.55. The SMILES string of the molecule is O=C(O)c1ccc(-c2ccc([C@H]3[C@H](c4ccccn4)NC(=S)N3c3ccc(OC4CCCC4)cc3)o2)cc1. The highest BCUT2D eigenvalue weighted by atomic mass is 32.1. The van der Waals surface area contributed by atoms with Gasteiger partial charge >= 0.3 is 5.97 Å². The van der Waals surface area contributed by atoms with Gasteiger partial charge in [0.05, 0.1) is 23.4 Å². The molecule has 2 aromatic heterocycles. The van der Waals surface area contributed by atoms with Crippen molar-refractivity contribution in [2.24, 2.45) is 0 Å². The number of carbonyl (C=O) groups is 1. The molecule has 6 rings (SSSR count). The average Bonchev–Trinajstić information content (AvgIpc) is 3.70. The van der Waals surface area contributed by atoms with E-state index in [0.29, 0.717) is 17.0 Å². The summed E-state index contributed by atoms with van der Waals surface area (Å²) < 4.78 is 12.5. The van der Waals surface area contributed by atoms with E-state index in [9.17, 15) is 9.90 Å². The number of carboxylic acids is 1. The number of thiocarbonyl (C=S) groups is 1. The van der Waals surface area contributed by atoms with Gasteiger partial charge in [0.15, 0.2) is 5.11 Å². The lowest BCUT2D eigenvalue weighted by Crippen LogP contribution is -2.29. The second-order valence-corrected chi connectivity index (χ2v) is 9.99. The topological polar surface area (TPSA) is 87.8 Å². The first kappa shape index (κ1) is 24.2. The molecule has 3 heterocycles. The molecule has 4 aromatic rings. The first-order chi connectivity index (χ1) is 18.6. The highest BCUT2D eigenvalue weighted by molar-refractivity contribution is 7.80. The van der Waals surface area contributed by atoms with E-state index in [0.717, 1.165) is 41.3 Å². The van der Waals surface area contributed by atoms with Crippen LogP contribution >= 0.6 is 12.2 Å². The Balaban J connectivity index is 1.33.